The van der Waals surface area contributed by atoms with Crippen LogP contribution in [0.3, 0.4) is 0 Å². The number of amides is 1. The highest BCUT2D eigenvalue weighted by Gasteiger charge is 1.99. The van der Waals surface area contributed by atoms with Gasteiger partial charge in [-0.25, -0.2) is 4.98 Å². The lowest BCUT2D eigenvalue weighted by atomic mass is 10.4. The van der Waals surface area contributed by atoms with Gasteiger partial charge in [0.2, 0.25) is 5.91 Å². The molecule has 13 heavy (non-hydrogen) atoms. The number of rotatable bonds is 2. The Morgan fingerprint density at radius 1 is 1.69 bits per heavy atom. The largest absolute Gasteiger partial charge is 0.310 e. The summed E-state index contributed by atoms with van der Waals surface area (Å²) >= 11 is 2.14. The Bertz CT molecular complexity index is 340. The molecule has 0 atom stereocenters. The number of pyridine rings is 1. The summed E-state index contributed by atoms with van der Waals surface area (Å²) in [5.41, 5.74) is 0. The van der Waals surface area contributed by atoms with Crippen molar-refractivity contribution in [3.8, 4) is 12.3 Å². The van der Waals surface area contributed by atoms with Crippen molar-refractivity contribution in [2.75, 3.05) is 5.32 Å². The monoisotopic (exact) mass is 286 g/mol. The maximum absolute atomic E-state index is 11.0. The van der Waals surface area contributed by atoms with Gasteiger partial charge in [0, 0.05) is 9.77 Å². The van der Waals surface area contributed by atoms with E-state index in [2.05, 4.69) is 38.8 Å². The number of nitrogens with one attached hydrogen (secondary N) is 1. The van der Waals surface area contributed by atoms with E-state index in [-0.39, 0.29) is 12.3 Å². The van der Waals surface area contributed by atoms with Crippen LogP contribution in [0.15, 0.2) is 18.3 Å². The van der Waals surface area contributed by atoms with E-state index in [9.17, 15) is 4.79 Å². The zero-order chi connectivity index (χ0) is 9.68. The normalized spacial score (nSPS) is 8.92. The number of hydrogen-bond donors (Lipinski definition) is 1. The van der Waals surface area contributed by atoms with Crippen molar-refractivity contribution in [1.82, 2.24) is 4.98 Å². The molecule has 1 aromatic heterocycles. The lowest BCUT2D eigenvalue weighted by Crippen LogP contribution is -2.11. The van der Waals surface area contributed by atoms with E-state index in [1.165, 1.54) is 0 Å². The third-order valence-electron chi connectivity index (χ3n) is 1.26. The number of aromatic nitrogens is 1. The van der Waals surface area contributed by atoms with Crippen LogP contribution in [0.5, 0.6) is 0 Å². The predicted molar refractivity (Wildman–Crippen MR) is 59.0 cm³/mol. The lowest BCUT2D eigenvalue weighted by Gasteiger charge is -2.00. The number of carbonyl (C=O) groups is 1. The van der Waals surface area contributed by atoms with Crippen molar-refractivity contribution >= 4 is 34.3 Å². The number of carbonyl (C=O) groups excluding carboxylic acids is 1. The molecule has 0 spiro atoms. The second-order valence-electron chi connectivity index (χ2n) is 2.29. The Kier molecular flexibility index (Phi) is 3.71. The Morgan fingerprint density at radius 2 is 2.46 bits per heavy atom. The molecule has 3 nitrogen and oxygen atoms in total. The molecule has 0 radical (unpaired) electrons. The summed E-state index contributed by atoms with van der Waals surface area (Å²) in [5, 5.41) is 2.57. The smallest absolute Gasteiger partial charge is 0.237 e. The molecular formula is C9H7IN2O. The van der Waals surface area contributed by atoms with Crippen molar-refractivity contribution in [3.63, 3.8) is 0 Å². The zero-order valence-electron chi connectivity index (χ0n) is 6.75. The van der Waals surface area contributed by atoms with Crippen LogP contribution in [0.1, 0.15) is 6.42 Å². The van der Waals surface area contributed by atoms with Gasteiger partial charge in [-0.05, 0) is 34.7 Å². The van der Waals surface area contributed by atoms with Crippen LogP contribution in [0.25, 0.3) is 0 Å². The fourth-order valence-electron chi connectivity index (χ4n) is 0.729. The van der Waals surface area contributed by atoms with Crippen molar-refractivity contribution in [2.45, 2.75) is 6.42 Å². The predicted octanol–water partition coefficient (Wildman–Crippen LogP) is 1.65. The SMILES string of the molecule is C#CCC(=O)Nc1ccc(I)cn1. The minimum Gasteiger partial charge on any atom is -0.310 e. The van der Waals surface area contributed by atoms with Crippen molar-refractivity contribution < 1.29 is 4.79 Å². The van der Waals surface area contributed by atoms with Gasteiger partial charge >= 0.3 is 0 Å². The Hall–Kier alpha value is -1.09. The second kappa shape index (κ2) is 4.82. The topological polar surface area (TPSA) is 42.0 Å². The molecule has 0 saturated carbocycles. The Balaban J connectivity index is 2.60. The van der Waals surface area contributed by atoms with Gasteiger partial charge < -0.3 is 5.32 Å². The highest BCUT2D eigenvalue weighted by Crippen LogP contribution is 2.06. The van der Waals surface area contributed by atoms with Crippen molar-refractivity contribution in [2.24, 2.45) is 0 Å². The third-order valence-corrected chi connectivity index (χ3v) is 1.90. The van der Waals surface area contributed by atoms with Gasteiger partial charge in [-0.15, -0.1) is 6.42 Å². The summed E-state index contributed by atoms with van der Waals surface area (Å²) in [4.78, 5) is 15.0. The van der Waals surface area contributed by atoms with Gasteiger partial charge in [-0.3, -0.25) is 4.79 Å². The van der Waals surface area contributed by atoms with E-state index in [0.717, 1.165) is 3.57 Å². The highest BCUT2D eigenvalue weighted by molar-refractivity contribution is 14.1. The van der Waals surface area contributed by atoms with Gasteiger partial charge in [-0.2, -0.15) is 0 Å². The van der Waals surface area contributed by atoms with Gasteiger partial charge in [0.15, 0.2) is 0 Å². The summed E-state index contributed by atoms with van der Waals surface area (Å²) < 4.78 is 1.02. The molecule has 0 aliphatic carbocycles. The van der Waals surface area contributed by atoms with E-state index in [1.54, 1.807) is 12.3 Å². The molecule has 0 aromatic carbocycles. The number of anilines is 1. The standard InChI is InChI=1S/C9H7IN2O/c1-2-3-9(13)12-8-5-4-7(10)6-11-8/h1,4-6H,3H2,(H,11,12,13). The highest BCUT2D eigenvalue weighted by atomic mass is 127. The van der Waals surface area contributed by atoms with Crippen LogP contribution in [0, 0.1) is 15.9 Å². The number of terminal acetylenes is 1. The average Bonchev–Trinajstić information content (AvgIpc) is 2.09. The summed E-state index contributed by atoms with van der Waals surface area (Å²) in [6, 6.07) is 3.59. The molecule has 1 amide bonds. The summed E-state index contributed by atoms with van der Waals surface area (Å²) in [7, 11) is 0. The number of halogens is 1. The quantitative estimate of drug-likeness (QED) is 0.663. The van der Waals surface area contributed by atoms with Gasteiger partial charge in [0.1, 0.15) is 5.82 Å². The zero-order valence-corrected chi connectivity index (χ0v) is 8.91. The molecule has 0 fully saturated rings. The van der Waals surface area contributed by atoms with E-state index >= 15 is 0 Å². The molecule has 0 unspecified atom stereocenters. The van der Waals surface area contributed by atoms with Crippen molar-refractivity contribution in [1.29, 1.82) is 0 Å². The van der Waals surface area contributed by atoms with Gasteiger partial charge in [0.05, 0.1) is 6.42 Å². The fourth-order valence-corrected chi connectivity index (χ4v) is 1.05. The minimum absolute atomic E-state index is 0.0771. The molecule has 1 rings (SSSR count). The van der Waals surface area contributed by atoms with E-state index < -0.39 is 0 Å². The first kappa shape index (κ1) is 9.99. The van der Waals surface area contributed by atoms with Crippen LogP contribution < -0.4 is 5.32 Å². The molecule has 1 heterocycles. The Morgan fingerprint density at radius 3 is 3.00 bits per heavy atom. The number of hydrogen-bond acceptors (Lipinski definition) is 2. The van der Waals surface area contributed by atoms with Crippen LogP contribution in [0.2, 0.25) is 0 Å². The molecule has 4 heteroatoms. The first-order valence-electron chi connectivity index (χ1n) is 3.57. The van der Waals surface area contributed by atoms with Gasteiger partial charge in [0.25, 0.3) is 0 Å². The van der Waals surface area contributed by atoms with E-state index in [1.807, 2.05) is 6.07 Å². The second-order valence-corrected chi connectivity index (χ2v) is 3.54. The van der Waals surface area contributed by atoms with Crippen LogP contribution in [-0.2, 0) is 4.79 Å². The molecule has 0 saturated heterocycles. The van der Waals surface area contributed by atoms with Crippen LogP contribution in [0.4, 0.5) is 5.82 Å². The molecule has 0 aliphatic rings. The average molecular weight is 286 g/mol. The Labute approximate surface area is 90.1 Å². The lowest BCUT2D eigenvalue weighted by molar-refractivity contribution is -0.115. The molecule has 0 aliphatic heterocycles. The first-order chi connectivity index (χ1) is 6.22. The maximum atomic E-state index is 11.0. The maximum Gasteiger partial charge on any atom is 0.237 e. The number of nitrogens with zero attached hydrogens (tertiary/aromatic N) is 1. The molecule has 66 valence electrons. The molecular weight excluding hydrogens is 279 g/mol. The summed E-state index contributed by atoms with van der Waals surface area (Å²) in [5.74, 6) is 2.57. The van der Waals surface area contributed by atoms with Crippen LogP contribution in [-0.4, -0.2) is 10.9 Å². The first-order valence-corrected chi connectivity index (χ1v) is 4.65. The molecule has 0 bridgehead atoms. The minimum atomic E-state index is -0.212. The summed E-state index contributed by atoms with van der Waals surface area (Å²) in [6.45, 7) is 0. The van der Waals surface area contributed by atoms with Gasteiger partial charge in [-0.1, -0.05) is 5.92 Å². The van der Waals surface area contributed by atoms with Crippen LogP contribution >= 0.6 is 22.6 Å². The van der Waals surface area contributed by atoms with E-state index in [4.69, 9.17) is 6.42 Å². The van der Waals surface area contributed by atoms with E-state index in [0.29, 0.717) is 5.82 Å². The van der Waals surface area contributed by atoms with Crippen molar-refractivity contribution in [3.05, 3.63) is 21.9 Å². The summed E-state index contributed by atoms with van der Waals surface area (Å²) in [6.07, 6.45) is 6.72. The molecule has 1 N–H and O–H groups in total. The third kappa shape index (κ3) is 3.42. The fraction of sp³-hybridized carbons (Fsp3) is 0.111. The molecule has 1 aromatic rings.